The van der Waals surface area contributed by atoms with Gasteiger partial charge < -0.3 is 19.4 Å². The van der Waals surface area contributed by atoms with Gasteiger partial charge in [-0.2, -0.15) is 0 Å². The summed E-state index contributed by atoms with van der Waals surface area (Å²) in [6.45, 7) is 3.52. The molecule has 4 aromatic rings. The first kappa shape index (κ1) is 22.5. The van der Waals surface area contributed by atoms with Crippen LogP contribution in [0, 0.1) is 5.92 Å². The van der Waals surface area contributed by atoms with E-state index in [0.29, 0.717) is 61.4 Å². The first-order valence-corrected chi connectivity index (χ1v) is 11.6. The topological polar surface area (TPSA) is 110 Å². The molecule has 5 rings (SSSR count). The standard InChI is InChI=1S/C26H25N5O4/c1-2-34-26(33)18-11-15-31(16-12-18)24-25(28-14-13-27-24)35-19-9-7-17(8-10-19)22(32)23-29-20-5-3-4-6-21(20)30-23/h3-10,13-14,18H,2,11-12,15-16H2,1H3,(H,29,30). The Balaban J connectivity index is 1.27. The fourth-order valence-electron chi connectivity index (χ4n) is 4.18. The van der Waals surface area contributed by atoms with Gasteiger partial charge in [-0.25, -0.2) is 15.0 Å². The highest BCUT2D eigenvalue weighted by Crippen LogP contribution is 2.31. The van der Waals surface area contributed by atoms with E-state index < -0.39 is 0 Å². The van der Waals surface area contributed by atoms with Gasteiger partial charge in [0.2, 0.25) is 5.78 Å². The minimum absolute atomic E-state index is 0.0934. The van der Waals surface area contributed by atoms with Gasteiger partial charge in [0.15, 0.2) is 11.6 Å². The number of carbonyl (C=O) groups is 2. The van der Waals surface area contributed by atoms with Gasteiger partial charge in [-0.1, -0.05) is 12.1 Å². The smallest absolute Gasteiger partial charge is 0.309 e. The Labute approximate surface area is 202 Å². The van der Waals surface area contributed by atoms with E-state index >= 15 is 0 Å². The monoisotopic (exact) mass is 471 g/mol. The van der Waals surface area contributed by atoms with Gasteiger partial charge >= 0.3 is 5.97 Å². The van der Waals surface area contributed by atoms with Crippen molar-refractivity contribution in [3.8, 4) is 11.6 Å². The van der Waals surface area contributed by atoms with Crippen molar-refractivity contribution in [3.63, 3.8) is 0 Å². The number of hydrogen-bond donors (Lipinski definition) is 1. The second-order valence-electron chi connectivity index (χ2n) is 8.26. The third-order valence-electron chi connectivity index (χ3n) is 6.00. The number of rotatable bonds is 7. The van der Waals surface area contributed by atoms with Gasteiger partial charge in [0.25, 0.3) is 5.88 Å². The van der Waals surface area contributed by atoms with Gasteiger partial charge in [-0.3, -0.25) is 9.59 Å². The number of ketones is 1. The number of para-hydroxylation sites is 2. The van der Waals surface area contributed by atoms with Crippen LogP contribution in [0.1, 0.15) is 35.9 Å². The molecule has 1 aliphatic heterocycles. The molecule has 0 aliphatic carbocycles. The van der Waals surface area contributed by atoms with Crippen LogP contribution in [0.5, 0.6) is 11.6 Å². The summed E-state index contributed by atoms with van der Waals surface area (Å²) in [6.07, 6.45) is 4.57. The first-order chi connectivity index (χ1) is 17.1. The van der Waals surface area contributed by atoms with E-state index in [1.807, 2.05) is 31.2 Å². The van der Waals surface area contributed by atoms with Crippen LogP contribution in [-0.2, 0) is 9.53 Å². The Morgan fingerprint density at radius 1 is 1.03 bits per heavy atom. The lowest BCUT2D eigenvalue weighted by atomic mass is 9.97. The number of hydrogen-bond acceptors (Lipinski definition) is 8. The number of imidazole rings is 1. The van der Waals surface area contributed by atoms with Crippen molar-refractivity contribution in [1.82, 2.24) is 19.9 Å². The molecule has 1 fully saturated rings. The van der Waals surface area contributed by atoms with Crippen molar-refractivity contribution in [3.05, 3.63) is 72.3 Å². The molecule has 2 aromatic heterocycles. The zero-order valence-electron chi connectivity index (χ0n) is 19.3. The van der Waals surface area contributed by atoms with E-state index in [0.717, 1.165) is 11.0 Å². The molecule has 9 heteroatoms. The number of aromatic amines is 1. The van der Waals surface area contributed by atoms with E-state index in [9.17, 15) is 9.59 Å². The minimum atomic E-state index is -0.197. The Morgan fingerprint density at radius 3 is 2.51 bits per heavy atom. The van der Waals surface area contributed by atoms with Gasteiger partial charge in [-0.05, 0) is 56.2 Å². The highest BCUT2D eigenvalue weighted by molar-refractivity contribution is 6.08. The summed E-state index contributed by atoms with van der Waals surface area (Å²) in [5.41, 5.74) is 2.06. The van der Waals surface area contributed by atoms with Crippen LogP contribution in [0.4, 0.5) is 5.82 Å². The lowest BCUT2D eigenvalue weighted by molar-refractivity contribution is -0.148. The molecule has 9 nitrogen and oxygen atoms in total. The average molecular weight is 472 g/mol. The molecule has 2 aromatic carbocycles. The summed E-state index contributed by atoms with van der Waals surface area (Å²) in [5, 5.41) is 0. The van der Waals surface area contributed by atoms with Crippen molar-refractivity contribution in [2.24, 2.45) is 5.92 Å². The fraction of sp³-hybridized carbons (Fsp3) is 0.269. The summed E-state index contributed by atoms with van der Waals surface area (Å²) >= 11 is 0. The second-order valence-corrected chi connectivity index (χ2v) is 8.26. The molecule has 0 spiro atoms. The largest absolute Gasteiger partial charge is 0.466 e. The molecule has 0 saturated carbocycles. The van der Waals surface area contributed by atoms with E-state index in [1.165, 1.54) is 0 Å². The third-order valence-corrected chi connectivity index (χ3v) is 6.00. The molecule has 1 N–H and O–H groups in total. The molecule has 0 bridgehead atoms. The maximum absolute atomic E-state index is 12.9. The zero-order chi connectivity index (χ0) is 24.2. The van der Waals surface area contributed by atoms with Crippen LogP contribution in [0.2, 0.25) is 0 Å². The predicted molar refractivity (Wildman–Crippen MR) is 130 cm³/mol. The number of esters is 1. The van der Waals surface area contributed by atoms with Crippen molar-refractivity contribution in [2.75, 3.05) is 24.6 Å². The second kappa shape index (κ2) is 9.92. The van der Waals surface area contributed by atoms with Gasteiger partial charge in [0.1, 0.15) is 5.75 Å². The number of nitrogens with zero attached hydrogens (tertiary/aromatic N) is 4. The number of aromatic nitrogens is 4. The maximum atomic E-state index is 12.9. The number of nitrogens with one attached hydrogen (secondary N) is 1. The molecule has 1 aliphatic rings. The van der Waals surface area contributed by atoms with Gasteiger partial charge in [0.05, 0.1) is 23.6 Å². The normalized spacial score (nSPS) is 14.1. The molecule has 0 unspecified atom stereocenters. The maximum Gasteiger partial charge on any atom is 0.309 e. The number of fused-ring (bicyclic) bond motifs is 1. The zero-order valence-corrected chi connectivity index (χ0v) is 19.3. The molecule has 178 valence electrons. The third kappa shape index (κ3) is 4.84. The van der Waals surface area contributed by atoms with Gasteiger partial charge in [0, 0.05) is 31.0 Å². The minimum Gasteiger partial charge on any atom is -0.466 e. The quantitative estimate of drug-likeness (QED) is 0.316. The molecular weight excluding hydrogens is 446 g/mol. The van der Waals surface area contributed by atoms with E-state index in [1.54, 1.807) is 36.7 Å². The SMILES string of the molecule is CCOC(=O)C1CCN(c2nccnc2Oc2ccc(C(=O)c3nc4ccccc4[nH]3)cc2)CC1. The summed E-state index contributed by atoms with van der Waals surface area (Å²) in [6, 6.07) is 14.4. The predicted octanol–water partition coefficient (Wildman–Crippen LogP) is 4.16. The molecule has 3 heterocycles. The average Bonchev–Trinajstić information content (AvgIpc) is 3.34. The Kier molecular flexibility index (Phi) is 6.38. The molecule has 35 heavy (non-hydrogen) atoms. The molecule has 0 atom stereocenters. The highest BCUT2D eigenvalue weighted by atomic mass is 16.5. The summed E-state index contributed by atoms with van der Waals surface area (Å²) in [7, 11) is 0. The fourth-order valence-corrected chi connectivity index (χ4v) is 4.18. The van der Waals surface area contributed by atoms with Crippen LogP contribution in [0.25, 0.3) is 11.0 Å². The Morgan fingerprint density at radius 2 is 1.77 bits per heavy atom. The highest BCUT2D eigenvalue weighted by Gasteiger charge is 2.28. The van der Waals surface area contributed by atoms with Crippen molar-refractivity contribution < 1.29 is 19.1 Å². The Hall–Kier alpha value is -4.27. The first-order valence-electron chi connectivity index (χ1n) is 11.6. The number of H-pyrrole nitrogens is 1. The number of carbonyl (C=O) groups excluding carboxylic acids is 2. The number of piperidine rings is 1. The van der Waals surface area contributed by atoms with Crippen LogP contribution in [0.3, 0.4) is 0 Å². The lowest BCUT2D eigenvalue weighted by Gasteiger charge is -2.32. The molecule has 0 radical (unpaired) electrons. The molecular formula is C26H25N5O4. The number of anilines is 1. The number of benzene rings is 2. The van der Waals surface area contributed by atoms with Crippen LogP contribution >= 0.6 is 0 Å². The number of ether oxygens (including phenoxy) is 2. The Bertz CT molecular complexity index is 1310. The van der Waals surface area contributed by atoms with Crippen molar-refractivity contribution in [2.45, 2.75) is 19.8 Å². The molecule has 0 amide bonds. The van der Waals surface area contributed by atoms with Crippen LogP contribution in [0.15, 0.2) is 60.9 Å². The van der Waals surface area contributed by atoms with E-state index in [4.69, 9.17) is 9.47 Å². The van der Waals surface area contributed by atoms with Crippen LogP contribution < -0.4 is 9.64 Å². The van der Waals surface area contributed by atoms with Crippen LogP contribution in [-0.4, -0.2) is 51.4 Å². The summed E-state index contributed by atoms with van der Waals surface area (Å²) in [4.78, 5) is 43.2. The summed E-state index contributed by atoms with van der Waals surface area (Å²) < 4.78 is 11.2. The van der Waals surface area contributed by atoms with E-state index in [-0.39, 0.29) is 17.7 Å². The van der Waals surface area contributed by atoms with Crippen molar-refractivity contribution >= 4 is 28.6 Å². The molecule has 1 saturated heterocycles. The van der Waals surface area contributed by atoms with Crippen molar-refractivity contribution in [1.29, 1.82) is 0 Å². The van der Waals surface area contributed by atoms with Gasteiger partial charge in [-0.15, -0.1) is 0 Å². The summed E-state index contributed by atoms with van der Waals surface area (Å²) in [5.74, 6) is 1.40. The van der Waals surface area contributed by atoms with E-state index in [2.05, 4.69) is 24.8 Å². The lowest BCUT2D eigenvalue weighted by Crippen LogP contribution is -2.37.